The zero-order valence-electron chi connectivity index (χ0n) is 6.27. The highest BCUT2D eigenvalue weighted by Crippen LogP contribution is 2.34. The largest absolute Gasteiger partial charge is 0.353 e. The maximum atomic E-state index is 5.69. The van der Waals surface area contributed by atoms with E-state index in [1.165, 1.54) is 25.9 Å². The molecule has 2 heterocycles. The van der Waals surface area contributed by atoms with Crippen molar-refractivity contribution < 1.29 is 0 Å². The van der Waals surface area contributed by atoms with Crippen LogP contribution in [0, 0.1) is 5.41 Å². The van der Waals surface area contributed by atoms with E-state index in [4.69, 9.17) is 7.98 Å². The van der Waals surface area contributed by atoms with Gasteiger partial charge in [0.05, 0.1) is 0 Å². The molecule has 1 atom stereocenters. The predicted molar refractivity (Wildman–Crippen MR) is 41.9 cm³/mol. The van der Waals surface area contributed by atoms with Crippen molar-refractivity contribution in [1.29, 1.82) is 0 Å². The number of nitrogens with one attached hydrogen (secondary N) is 1. The molecule has 0 aromatic rings. The molecule has 2 fully saturated rings. The molecule has 0 aromatic carbocycles. The maximum Gasteiger partial charge on any atom is 0.182 e. The second kappa shape index (κ2) is 2.24. The van der Waals surface area contributed by atoms with Crippen molar-refractivity contribution >= 4 is 7.98 Å². The van der Waals surface area contributed by atoms with E-state index in [0.717, 1.165) is 13.1 Å². The van der Waals surface area contributed by atoms with E-state index in [1.54, 1.807) is 0 Å². The van der Waals surface area contributed by atoms with Crippen molar-refractivity contribution in [2.45, 2.75) is 12.8 Å². The van der Waals surface area contributed by atoms with E-state index < -0.39 is 0 Å². The number of nitrogens with zero attached hydrogens (tertiary/aromatic N) is 1. The lowest BCUT2D eigenvalue weighted by Crippen LogP contribution is -2.27. The van der Waals surface area contributed by atoms with E-state index in [-0.39, 0.29) is 0 Å². The summed E-state index contributed by atoms with van der Waals surface area (Å²) in [5.74, 6) is 0. The molecule has 2 rings (SSSR count). The first-order valence-electron chi connectivity index (χ1n) is 4.01. The molecule has 1 unspecified atom stereocenters. The molecule has 0 saturated carbocycles. The summed E-state index contributed by atoms with van der Waals surface area (Å²) in [5, 5.41) is 3.39. The third-order valence-corrected chi connectivity index (χ3v) is 2.80. The van der Waals surface area contributed by atoms with Crippen molar-refractivity contribution in [3.8, 4) is 0 Å². The highest BCUT2D eigenvalue weighted by atomic mass is 15.1. The van der Waals surface area contributed by atoms with E-state index >= 15 is 0 Å². The standard InChI is InChI=1S/C7H13BN2/c8-10-4-2-7(6-10)1-3-9-5-7/h9H,1-6H2. The van der Waals surface area contributed by atoms with Gasteiger partial charge in [-0.05, 0) is 37.9 Å². The Hall–Kier alpha value is -0.0151. The van der Waals surface area contributed by atoms with Gasteiger partial charge >= 0.3 is 0 Å². The van der Waals surface area contributed by atoms with Gasteiger partial charge in [-0.3, -0.25) is 0 Å². The minimum absolute atomic E-state index is 0.550. The number of hydrogen-bond acceptors (Lipinski definition) is 2. The Balaban J connectivity index is 2.03. The summed E-state index contributed by atoms with van der Waals surface area (Å²) in [6.07, 6.45) is 2.61. The van der Waals surface area contributed by atoms with Gasteiger partial charge < -0.3 is 10.1 Å². The summed E-state index contributed by atoms with van der Waals surface area (Å²) in [4.78, 5) is 1.95. The third kappa shape index (κ3) is 0.975. The van der Waals surface area contributed by atoms with Crippen LogP contribution in [0.3, 0.4) is 0 Å². The molecule has 1 N–H and O–H groups in total. The summed E-state index contributed by atoms with van der Waals surface area (Å²) in [6.45, 7) is 4.55. The number of rotatable bonds is 0. The van der Waals surface area contributed by atoms with Crippen molar-refractivity contribution in [3.05, 3.63) is 0 Å². The zero-order valence-corrected chi connectivity index (χ0v) is 6.27. The van der Waals surface area contributed by atoms with Gasteiger partial charge in [0.25, 0.3) is 0 Å². The van der Waals surface area contributed by atoms with Gasteiger partial charge in [-0.25, -0.2) is 0 Å². The molecule has 2 aliphatic rings. The summed E-state index contributed by atoms with van der Waals surface area (Å²) in [6, 6.07) is 0. The second-order valence-corrected chi connectivity index (χ2v) is 3.65. The molecule has 2 saturated heterocycles. The van der Waals surface area contributed by atoms with E-state index in [1.807, 2.05) is 4.81 Å². The van der Waals surface area contributed by atoms with Crippen LogP contribution in [0.1, 0.15) is 12.8 Å². The smallest absolute Gasteiger partial charge is 0.182 e. The van der Waals surface area contributed by atoms with E-state index in [2.05, 4.69) is 5.32 Å². The van der Waals surface area contributed by atoms with Crippen molar-refractivity contribution in [2.24, 2.45) is 5.41 Å². The van der Waals surface area contributed by atoms with Crippen LogP contribution in [0.25, 0.3) is 0 Å². The lowest BCUT2D eigenvalue weighted by Gasteiger charge is -2.20. The lowest BCUT2D eigenvalue weighted by atomic mass is 9.86. The Morgan fingerprint density at radius 1 is 1.40 bits per heavy atom. The first kappa shape index (κ1) is 6.68. The second-order valence-electron chi connectivity index (χ2n) is 3.65. The molecular weight excluding hydrogens is 123 g/mol. The summed E-state index contributed by atoms with van der Waals surface area (Å²) in [5.41, 5.74) is 0.550. The van der Waals surface area contributed by atoms with Gasteiger partial charge in [0.15, 0.2) is 7.98 Å². The molecule has 2 radical (unpaired) electrons. The molecule has 0 aliphatic carbocycles. The highest BCUT2D eigenvalue weighted by molar-refractivity contribution is 6.04. The molecule has 10 heavy (non-hydrogen) atoms. The van der Waals surface area contributed by atoms with Crippen LogP contribution in [0.5, 0.6) is 0 Å². The third-order valence-electron chi connectivity index (χ3n) is 2.80. The number of hydrogen-bond donors (Lipinski definition) is 1. The fourth-order valence-corrected chi connectivity index (χ4v) is 2.11. The fraction of sp³-hybridized carbons (Fsp3) is 1.00. The lowest BCUT2D eigenvalue weighted by molar-refractivity contribution is 0.343. The van der Waals surface area contributed by atoms with Crippen LogP contribution in [-0.2, 0) is 0 Å². The Kier molecular flexibility index (Phi) is 1.50. The molecule has 2 nitrogen and oxygen atoms in total. The minimum atomic E-state index is 0.550. The van der Waals surface area contributed by atoms with Gasteiger partial charge in [-0.1, -0.05) is 0 Å². The summed E-state index contributed by atoms with van der Waals surface area (Å²) >= 11 is 0. The zero-order chi connectivity index (χ0) is 7.03. The minimum Gasteiger partial charge on any atom is -0.353 e. The quantitative estimate of drug-likeness (QED) is 0.462. The fourth-order valence-electron chi connectivity index (χ4n) is 2.11. The van der Waals surface area contributed by atoms with E-state index in [9.17, 15) is 0 Å². The van der Waals surface area contributed by atoms with Gasteiger partial charge in [0, 0.05) is 6.54 Å². The molecule has 1 spiro atoms. The van der Waals surface area contributed by atoms with Crippen LogP contribution in [0.4, 0.5) is 0 Å². The van der Waals surface area contributed by atoms with Gasteiger partial charge in [0.1, 0.15) is 0 Å². The van der Waals surface area contributed by atoms with Crippen LogP contribution in [0.15, 0.2) is 0 Å². The van der Waals surface area contributed by atoms with Gasteiger partial charge in [-0.2, -0.15) is 0 Å². The van der Waals surface area contributed by atoms with Crippen molar-refractivity contribution in [3.63, 3.8) is 0 Å². The Morgan fingerprint density at radius 3 is 2.80 bits per heavy atom. The van der Waals surface area contributed by atoms with Crippen LogP contribution in [-0.4, -0.2) is 39.0 Å². The highest BCUT2D eigenvalue weighted by Gasteiger charge is 2.38. The average Bonchev–Trinajstić information content (AvgIpc) is 2.46. The van der Waals surface area contributed by atoms with Crippen LogP contribution >= 0.6 is 0 Å². The average molecular weight is 136 g/mol. The molecule has 0 bridgehead atoms. The monoisotopic (exact) mass is 136 g/mol. The normalized spacial score (nSPS) is 41.6. The maximum absolute atomic E-state index is 5.69. The van der Waals surface area contributed by atoms with E-state index in [0.29, 0.717) is 5.41 Å². The topological polar surface area (TPSA) is 15.3 Å². The predicted octanol–water partition coefficient (Wildman–Crippen LogP) is -0.245. The first-order valence-corrected chi connectivity index (χ1v) is 4.01. The molecule has 0 amide bonds. The van der Waals surface area contributed by atoms with Crippen molar-refractivity contribution in [2.75, 3.05) is 26.2 Å². The first-order chi connectivity index (χ1) is 4.81. The SMILES string of the molecule is [B]N1CCC2(CCNC2)C1. The summed E-state index contributed by atoms with van der Waals surface area (Å²) < 4.78 is 0. The molecule has 0 aromatic heterocycles. The molecule has 2 aliphatic heterocycles. The van der Waals surface area contributed by atoms with Crippen LogP contribution < -0.4 is 5.32 Å². The van der Waals surface area contributed by atoms with Gasteiger partial charge in [-0.15, -0.1) is 0 Å². The van der Waals surface area contributed by atoms with Crippen molar-refractivity contribution in [1.82, 2.24) is 10.1 Å². The molecular formula is C7H13BN2. The summed E-state index contributed by atoms with van der Waals surface area (Å²) in [7, 11) is 5.69. The van der Waals surface area contributed by atoms with Gasteiger partial charge in [0.2, 0.25) is 0 Å². The Morgan fingerprint density at radius 2 is 2.30 bits per heavy atom. The molecule has 54 valence electrons. The van der Waals surface area contributed by atoms with Crippen LogP contribution in [0.2, 0.25) is 0 Å². The Labute approximate surface area is 63.4 Å². The Bertz CT molecular complexity index is 132. The molecule has 3 heteroatoms.